The second-order valence-electron chi connectivity index (χ2n) is 3.08. The first-order valence-electron chi connectivity index (χ1n) is 4.74. The van der Waals surface area contributed by atoms with E-state index in [1.54, 1.807) is 6.92 Å². The van der Waals surface area contributed by atoms with E-state index in [2.05, 4.69) is 9.72 Å². The molecular weight excluding hydrogens is 259 g/mol. The molecule has 0 atom stereocenters. The van der Waals surface area contributed by atoms with Gasteiger partial charge in [0.05, 0.1) is 23.7 Å². The molecule has 0 saturated carbocycles. The number of halogens is 4. The van der Waals surface area contributed by atoms with Crippen LogP contribution < -0.4 is 0 Å². The van der Waals surface area contributed by atoms with Crippen molar-refractivity contribution in [2.45, 2.75) is 19.8 Å². The van der Waals surface area contributed by atoms with Gasteiger partial charge in [-0.2, -0.15) is 4.39 Å². The summed E-state index contributed by atoms with van der Waals surface area (Å²) < 4.78 is 42.8. The average Bonchev–Trinajstić information content (AvgIpc) is 2.23. The molecular formula is C10H9ClF3NO2. The SMILES string of the molecule is CCOC(=O)Cc1nc(F)c(Cl)cc1C(F)F. The summed E-state index contributed by atoms with van der Waals surface area (Å²) in [6, 6.07) is 0.767. The average molecular weight is 268 g/mol. The van der Waals surface area contributed by atoms with Crippen molar-refractivity contribution < 1.29 is 22.7 Å². The quantitative estimate of drug-likeness (QED) is 0.622. The zero-order valence-electron chi connectivity index (χ0n) is 8.84. The van der Waals surface area contributed by atoms with Crippen molar-refractivity contribution in [3.05, 3.63) is 28.3 Å². The van der Waals surface area contributed by atoms with Gasteiger partial charge in [0.25, 0.3) is 6.43 Å². The van der Waals surface area contributed by atoms with Crippen LogP contribution in [0.1, 0.15) is 24.6 Å². The molecule has 17 heavy (non-hydrogen) atoms. The Bertz CT molecular complexity index is 426. The van der Waals surface area contributed by atoms with Crippen molar-refractivity contribution in [3.8, 4) is 0 Å². The summed E-state index contributed by atoms with van der Waals surface area (Å²) >= 11 is 5.34. The normalized spacial score (nSPS) is 10.7. The fourth-order valence-electron chi connectivity index (χ4n) is 1.20. The molecule has 94 valence electrons. The number of pyridine rings is 1. The molecule has 0 unspecified atom stereocenters. The van der Waals surface area contributed by atoms with Crippen LogP contribution in [0.3, 0.4) is 0 Å². The minimum Gasteiger partial charge on any atom is -0.466 e. The van der Waals surface area contributed by atoms with Gasteiger partial charge in [0.2, 0.25) is 5.95 Å². The van der Waals surface area contributed by atoms with Crippen LogP contribution in [0.15, 0.2) is 6.07 Å². The molecule has 0 aromatic carbocycles. The molecule has 0 amide bonds. The van der Waals surface area contributed by atoms with Gasteiger partial charge >= 0.3 is 5.97 Å². The van der Waals surface area contributed by atoms with Crippen LogP contribution >= 0.6 is 11.6 Å². The summed E-state index contributed by atoms with van der Waals surface area (Å²) in [7, 11) is 0. The second-order valence-corrected chi connectivity index (χ2v) is 3.49. The fraction of sp³-hybridized carbons (Fsp3) is 0.400. The number of alkyl halides is 2. The summed E-state index contributed by atoms with van der Waals surface area (Å²) in [5.41, 5.74) is -0.926. The number of esters is 1. The van der Waals surface area contributed by atoms with Crippen LogP contribution in [0.2, 0.25) is 5.02 Å². The molecule has 0 radical (unpaired) electrons. The lowest BCUT2D eigenvalue weighted by Crippen LogP contribution is -2.12. The Hall–Kier alpha value is -1.30. The Balaban J connectivity index is 3.04. The van der Waals surface area contributed by atoms with E-state index in [4.69, 9.17) is 11.6 Å². The van der Waals surface area contributed by atoms with Crippen molar-refractivity contribution in [3.63, 3.8) is 0 Å². The van der Waals surface area contributed by atoms with Crippen LogP contribution in [0.5, 0.6) is 0 Å². The lowest BCUT2D eigenvalue weighted by Gasteiger charge is -2.08. The molecule has 0 aliphatic carbocycles. The van der Waals surface area contributed by atoms with E-state index >= 15 is 0 Å². The smallest absolute Gasteiger partial charge is 0.311 e. The molecule has 0 spiro atoms. The standard InChI is InChI=1S/C10H9ClF3NO2/c1-2-17-8(16)4-7-5(9(12)13)3-6(11)10(14)15-7/h3,9H,2,4H2,1H3. The molecule has 7 heteroatoms. The number of aromatic nitrogens is 1. The van der Waals surface area contributed by atoms with Crippen molar-refractivity contribution >= 4 is 17.6 Å². The van der Waals surface area contributed by atoms with Gasteiger partial charge < -0.3 is 4.74 Å². The molecule has 3 nitrogen and oxygen atoms in total. The number of carbonyl (C=O) groups excluding carboxylic acids is 1. The van der Waals surface area contributed by atoms with Crippen molar-refractivity contribution in [1.29, 1.82) is 0 Å². The highest BCUT2D eigenvalue weighted by molar-refractivity contribution is 6.30. The molecule has 0 fully saturated rings. The lowest BCUT2D eigenvalue weighted by molar-refractivity contribution is -0.142. The highest BCUT2D eigenvalue weighted by atomic mass is 35.5. The summed E-state index contributed by atoms with van der Waals surface area (Å²) in [5, 5.41) is -0.507. The second kappa shape index (κ2) is 5.86. The minimum atomic E-state index is -2.88. The lowest BCUT2D eigenvalue weighted by atomic mass is 10.1. The first-order chi connectivity index (χ1) is 7.95. The molecule has 0 saturated heterocycles. The molecule has 0 aliphatic rings. The predicted molar refractivity (Wildman–Crippen MR) is 54.5 cm³/mol. The van der Waals surface area contributed by atoms with E-state index in [0.29, 0.717) is 0 Å². The van der Waals surface area contributed by atoms with E-state index in [0.717, 1.165) is 6.07 Å². The van der Waals surface area contributed by atoms with Gasteiger partial charge in [0.15, 0.2) is 0 Å². The highest BCUT2D eigenvalue weighted by Gasteiger charge is 2.20. The van der Waals surface area contributed by atoms with Crippen molar-refractivity contribution in [2.24, 2.45) is 0 Å². The third-order valence-corrected chi connectivity index (χ3v) is 2.16. The first kappa shape index (κ1) is 13.8. The number of hydrogen-bond acceptors (Lipinski definition) is 3. The number of rotatable bonds is 4. The number of nitrogens with zero attached hydrogens (tertiary/aromatic N) is 1. The maximum Gasteiger partial charge on any atom is 0.311 e. The molecule has 1 aromatic heterocycles. The Kier molecular flexibility index (Phi) is 4.74. The van der Waals surface area contributed by atoms with Gasteiger partial charge in [-0.1, -0.05) is 11.6 Å². The predicted octanol–water partition coefficient (Wildman–Crippen LogP) is 2.92. The third-order valence-electron chi connectivity index (χ3n) is 1.90. The number of carbonyl (C=O) groups is 1. The number of hydrogen-bond donors (Lipinski definition) is 0. The third kappa shape index (κ3) is 3.59. The topological polar surface area (TPSA) is 39.2 Å². The number of ether oxygens (including phenoxy) is 1. The summed E-state index contributed by atoms with van der Waals surface area (Å²) in [4.78, 5) is 14.4. The van der Waals surface area contributed by atoms with E-state index in [1.165, 1.54) is 0 Å². The van der Waals surface area contributed by atoms with E-state index in [1.807, 2.05) is 0 Å². The minimum absolute atomic E-state index is 0.110. The zero-order valence-corrected chi connectivity index (χ0v) is 9.60. The van der Waals surface area contributed by atoms with Crippen LogP contribution in [-0.2, 0) is 16.0 Å². The van der Waals surface area contributed by atoms with Crippen LogP contribution in [0.4, 0.5) is 13.2 Å². The van der Waals surface area contributed by atoms with Gasteiger partial charge in [-0.25, -0.2) is 13.8 Å². The van der Waals surface area contributed by atoms with E-state index in [-0.39, 0.29) is 12.3 Å². The van der Waals surface area contributed by atoms with Gasteiger partial charge in [-0.3, -0.25) is 4.79 Å². The summed E-state index contributed by atoms with van der Waals surface area (Å²) in [5.74, 6) is -1.83. The Morgan fingerprint density at radius 1 is 1.59 bits per heavy atom. The van der Waals surface area contributed by atoms with E-state index < -0.39 is 35.3 Å². The summed E-state index contributed by atoms with van der Waals surface area (Å²) in [6.07, 6.45) is -3.40. The Labute approximate surface area is 101 Å². The van der Waals surface area contributed by atoms with Gasteiger partial charge in [0.1, 0.15) is 0 Å². The molecule has 0 N–H and O–H groups in total. The Morgan fingerprint density at radius 3 is 2.76 bits per heavy atom. The van der Waals surface area contributed by atoms with E-state index in [9.17, 15) is 18.0 Å². The monoisotopic (exact) mass is 267 g/mol. The zero-order chi connectivity index (χ0) is 13.0. The Morgan fingerprint density at radius 2 is 2.24 bits per heavy atom. The molecule has 1 rings (SSSR count). The maximum absolute atomic E-state index is 13.0. The molecule has 0 aliphatic heterocycles. The summed E-state index contributed by atoms with van der Waals surface area (Å²) in [6.45, 7) is 1.68. The molecule has 0 bridgehead atoms. The largest absolute Gasteiger partial charge is 0.466 e. The first-order valence-corrected chi connectivity index (χ1v) is 5.12. The molecule has 1 aromatic rings. The molecule has 1 heterocycles. The van der Waals surface area contributed by atoms with Crippen LogP contribution in [0.25, 0.3) is 0 Å². The van der Waals surface area contributed by atoms with Gasteiger partial charge in [-0.05, 0) is 13.0 Å². The van der Waals surface area contributed by atoms with Crippen LogP contribution in [-0.4, -0.2) is 17.6 Å². The maximum atomic E-state index is 13.0. The van der Waals surface area contributed by atoms with Crippen LogP contribution in [0, 0.1) is 5.95 Å². The van der Waals surface area contributed by atoms with Crippen molar-refractivity contribution in [1.82, 2.24) is 4.98 Å². The fourth-order valence-corrected chi connectivity index (χ4v) is 1.35. The highest BCUT2D eigenvalue weighted by Crippen LogP contribution is 2.26. The van der Waals surface area contributed by atoms with Gasteiger partial charge in [-0.15, -0.1) is 0 Å². The van der Waals surface area contributed by atoms with Gasteiger partial charge in [0, 0.05) is 5.56 Å². The van der Waals surface area contributed by atoms with Crippen molar-refractivity contribution in [2.75, 3.05) is 6.61 Å².